The summed E-state index contributed by atoms with van der Waals surface area (Å²) in [6.45, 7) is 2.14. The lowest BCUT2D eigenvalue weighted by molar-refractivity contribution is 0.272. The molecule has 0 amide bonds. The van der Waals surface area contributed by atoms with E-state index in [1.807, 2.05) is 6.92 Å². The van der Waals surface area contributed by atoms with Gasteiger partial charge >= 0.3 is 0 Å². The highest BCUT2D eigenvalue weighted by Gasteiger charge is 2.04. The van der Waals surface area contributed by atoms with Gasteiger partial charge in [0.1, 0.15) is 6.33 Å². The van der Waals surface area contributed by atoms with Crippen molar-refractivity contribution in [2.45, 2.75) is 19.4 Å². The second kappa shape index (κ2) is 4.25. The minimum absolute atomic E-state index is 0.1000. The monoisotopic (exact) mass is 173 g/mol. The van der Waals surface area contributed by atoms with Crippen molar-refractivity contribution in [2.75, 3.05) is 11.9 Å². The Balaban J connectivity index is 2.41. The van der Waals surface area contributed by atoms with Crippen LogP contribution in [0.15, 0.2) is 6.33 Å². The van der Waals surface area contributed by atoms with Crippen LogP contribution in [0.1, 0.15) is 13.3 Å². The predicted octanol–water partition coefficient (Wildman–Crippen LogP) is 0.721. The highest BCUT2D eigenvalue weighted by molar-refractivity contribution is 7.09. The SMILES string of the molecule is CC[C@H](CO)Nc1ncns1. The van der Waals surface area contributed by atoms with Crippen LogP contribution < -0.4 is 5.32 Å². The molecule has 0 spiro atoms. The van der Waals surface area contributed by atoms with Crippen LogP contribution in [0.25, 0.3) is 0 Å². The standard InChI is InChI=1S/C6H11N3OS/c1-2-5(3-10)9-6-7-4-8-11-6/h4-5,10H,2-3H2,1H3,(H,7,8,9)/t5-/m1/s1. The Kier molecular flexibility index (Phi) is 3.25. The molecule has 1 rings (SSSR count). The summed E-state index contributed by atoms with van der Waals surface area (Å²) in [4.78, 5) is 3.94. The molecule has 1 aromatic heterocycles. The molecule has 0 saturated heterocycles. The molecule has 4 nitrogen and oxygen atoms in total. The van der Waals surface area contributed by atoms with Crippen molar-refractivity contribution in [1.29, 1.82) is 0 Å². The maximum absolute atomic E-state index is 8.82. The average Bonchev–Trinajstić information content (AvgIpc) is 2.52. The van der Waals surface area contributed by atoms with Crippen LogP contribution >= 0.6 is 11.5 Å². The van der Waals surface area contributed by atoms with Gasteiger partial charge in [0.15, 0.2) is 0 Å². The topological polar surface area (TPSA) is 58.0 Å². The van der Waals surface area contributed by atoms with Gasteiger partial charge in [0.2, 0.25) is 5.13 Å². The van der Waals surface area contributed by atoms with Crippen LogP contribution in [0.2, 0.25) is 0 Å². The van der Waals surface area contributed by atoms with E-state index in [1.165, 1.54) is 17.9 Å². The molecule has 1 heterocycles. The molecule has 11 heavy (non-hydrogen) atoms. The number of hydrogen-bond acceptors (Lipinski definition) is 5. The number of aromatic nitrogens is 2. The lowest BCUT2D eigenvalue weighted by Crippen LogP contribution is -2.22. The van der Waals surface area contributed by atoms with Gasteiger partial charge in [-0.2, -0.15) is 4.37 Å². The Hall–Kier alpha value is -0.680. The van der Waals surface area contributed by atoms with Crippen LogP contribution in [0, 0.1) is 0 Å². The molecule has 0 aromatic carbocycles. The Labute approximate surface area is 69.5 Å². The van der Waals surface area contributed by atoms with Gasteiger partial charge in [0, 0.05) is 11.5 Å². The molecular formula is C6H11N3OS. The zero-order chi connectivity index (χ0) is 8.10. The third-order valence-corrected chi connectivity index (χ3v) is 2.00. The molecule has 0 bridgehead atoms. The molecule has 0 aliphatic rings. The first-order valence-electron chi connectivity index (χ1n) is 3.51. The number of nitrogens with zero attached hydrogens (tertiary/aromatic N) is 2. The van der Waals surface area contributed by atoms with Crippen LogP contribution in [-0.4, -0.2) is 27.1 Å². The Bertz CT molecular complexity index is 186. The lowest BCUT2D eigenvalue weighted by Gasteiger charge is -2.11. The molecule has 0 unspecified atom stereocenters. The van der Waals surface area contributed by atoms with Crippen LogP contribution in [0.3, 0.4) is 0 Å². The third kappa shape index (κ3) is 2.44. The Morgan fingerprint density at radius 2 is 2.64 bits per heavy atom. The highest BCUT2D eigenvalue weighted by Crippen LogP contribution is 2.09. The van der Waals surface area contributed by atoms with Crippen molar-refractivity contribution in [3.8, 4) is 0 Å². The van der Waals surface area contributed by atoms with Gasteiger partial charge in [-0.3, -0.25) is 0 Å². The molecule has 62 valence electrons. The van der Waals surface area contributed by atoms with Crippen molar-refractivity contribution in [1.82, 2.24) is 9.36 Å². The largest absolute Gasteiger partial charge is 0.394 e. The maximum atomic E-state index is 8.82. The molecule has 5 heteroatoms. The first kappa shape index (κ1) is 8.42. The van der Waals surface area contributed by atoms with E-state index in [9.17, 15) is 0 Å². The van der Waals surface area contributed by atoms with Crippen molar-refractivity contribution >= 4 is 16.7 Å². The van der Waals surface area contributed by atoms with Crippen molar-refractivity contribution in [2.24, 2.45) is 0 Å². The minimum atomic E-state index is 0.1000. The summed E-state index contributed by atoms with van der Waals surface area (Å²) in [6, 6.07) is 0.1000. The van der Waals surface area contributed by atoms with Gasteiger partial charge in [-0.05, 0) is 6.42 Å². The quantitative estimate of drug-likeness (QED) is 0.704. The summed E-state index contributed by atoms with van der Waals surface area (Å²) in [7, 11) is 0. The van der Waals surface area contributed by atoms with Crippen molar-refractivity contribution < 1.29 is 5.11 Å². The van der Waals surface area contributed by atoms with E-state index in [4.69, 9.17) is 5.11 Å². The summed E-state index contributed by atoms with van der Waals surface area (Å²) in [5.41, 5.74) is 0. The van der Waals surface area contributed by atoms with Crippen LogP contribution in [0.4, 0.5) is 5.13 Å². The van der Waals surface area contributed by atoms with Crippen molar-refractivity contribution in [3.05, 3.63) is 6.33 Å². The van der Waals surface area contributed by atoms with E-state index >= 15 is 0 Å². The smallest absolute Gasteiger partial charge is 0.202 e. The van der Waals surface area contributed by atoms with Gasteiger partial charge in [-0.1, -0.05) is 6.92 Å². The number of anilines is 1. The molecule has 0 aliphatic carbocycles. The molecular weight excluding hydrogens is 162 g/mol. The Morgan fingerprint density at radius 3 is 3.09 bits per heavy atom. The van der Waals surface area contributed by atoms with E-state index in [0.29, 0.717) is 0 Å². The first-order valence-corrected chi connectivity index (χ1v) is 4.28. The van der Waals surface area contributed by atoms with Crippen LogP contribution in [0.5, 0.6) is 0 Å². The summed E-state index contributed by atoms with van der Waals surface area (Å²) in [5.74, 6) is 0. The normalized spacial score (nSPS) is 12.9. The second-order valence-electron chi connectivity index (χ2n) is 2.18. The zero-order valence-corrected chi connectivity index (χ0v) is 7.14. The maximum Gasteiger partial charge on any atom is 0.202 e. The van der Waals surface area contributed by atoms with E-state index < -0.39 is 0 Å². The second-order valence-corrected chi connectivity index (χ2v) is 2.96. The summed E-state index contributed by atoms with van der Waals surface area (Å²) >= 11 is 1.30. The average molecular weight is 173 g/mol. The fraction of sp³-hybridized carbons (Fsp3) is 0.667. The fourth-order valence-corrected chi connectivity index (χ4v) is 1.20. The van der Waals surface area contributed by atoms with Gasteiger partial charge in [0.25, 0.3) is 0 Å². The number of rotatable bonds is 4. The summed E-state index contributed by atoms with van der Waals surface area (Å²) in [5, 5.41) is 12.6. The predicted molar refractivity (Wildman–Crippen MR) is 44.7 cm³/mol. The first-order chi connectivity index (χ1) is 5.36. The van der Waals surface area contributed by atoms with Gasteiger partial charge in [0.05, 0.1) is 12.6 Å². The summed E-state index contributed by atoms with van der Waals surface area (Å²) in [6.07, 6.45) is 2.38. The molecule has 0 aliphatic heterocycles. The van der Waals surface area contributed by atoms with Gasteiger partial charge < -0.3 is 10.4 Å². The molecule has 0 saturated carbocycles. The van der Waals surface area contributed by atoms with E-state index in [-0.39, 0.29) is 12.6 Å². The van der Waals surface area contributed by atoms with E-state index in [1.54, 1.807) is 0 Å². The van der Waals surface area contributed by atoms with E-state index in [0.717, 1.165) is 11.6 Å². The zero-order valence-electron chi connectivity index (χ0n) is 6.32. The molecule has 2 N–H and O–H groups in total. The molecule has 0 fully saturated rings. The van der Waals surface area contributed by atoms with E-state index in [2.05, 4.69) is 14.7 Å². The lowest BCUT2D eigenvalue weighted by atomic mass is 10.2. The van der Waals surface area contributed by atoms with Crippen LogP contribution in [-0.2, 0) is 0 Å². The minimum Gasteiger partial charge on any atom is -0.394 e. The molecule has 1 atom stereocenters. The van der Waals surface area contributed by atoms with Gasteiger partial charge in [-0.15, -0.1) is 0 Å². The third-order valence-electron chi connectivity index (χ3n) is 1.40. The van der Waals surface area contributed by atoms with Gasteiger partial charge in [-0.25, -0.2) is 4.98 Å². The number of hydrogen-bond donors (Lipinski definition) is 2. The number of aliphatic hydroxyl groups excluding tert-OH is 1. The summed E-state index contributed by atoms with van der Waals surface area (Å²) < 4.78 is 3.83. The fourth-order valence-electron chi connectivity index (χ4n) is 0.688. The number of nitrogens with one attached hydrogen (secondary N) is 1. The molecule has 1 aromatic rings. The number of aliphatic hydroxyl groups is 1. The highest BCUT2D eigenvalue weighted by atomic mass is 32.1. The Morgan fingerprint density at radius 1 is 1.82 bits per heavy atom. The van der Waals surface area contributed by atoms with Crippen molar-refractivity contribution in [3.63, 3.8) is 0 Å². The molecule has 0 radical (unpaired) electrons.